The molecular formula is C53H51N5O+2. The van der Waals surface area contributed by atoms with Gasteiger partial charge in [0.05, 0.1) is 28.4 Å². The molecule has 5 aromatic carbocycles. The van der Waals surface area contributed by atoms with E-state index in [0.29, 0.717) is 22.7 Å². The van der Waals surface area contributed by atoms with Crippen LogP contribution >= 0.6 is 0 Å². The highest BCUT2D eigenvalue weighted by molar-refractivity contribution is 6.10. The molecule has 59 heavy (non-hydrogen) atoms. The van der Waals surface area contributed by atoms with Crippen molar-refractivity contribution in [3.05, 3.63) is 161 Å². The smallest absolute Gasteiger partial charge is 0.457 e. The predicted octanol–water partition coefficient (Wildman–Crippen LogP) is 13.7. The zero-order chi connectivity index (χ0) is 46.4. The van der Waals surface area contributed by atoms with E-state index in [2.05, 4.69) is 94.6 Å². The van der Waals surface area contributed by atoms with Crippen LogP contribution in [-0.4, -0.2) is 20.5 Å². The lowest BCUT2D eigenvalue weighted by Crippen LogP contribution is -2.12. The second kappa shape index (κ2) is 14.0. The molecule has 6 heteroatoms. The number of benzene rings is 5. The van der Waals surface area contributed by atoms with Gasteiger partial charge < -0.3 is 4.74 Å². The Labute approximate surface area is 355 Å². The van der Waals surface area contributed by atoms with Crippen molar-refractivity contribution >= 4 is 50.6 Å². The minimum absolute atomic E-state index is 0.0299. The van der Waals surface area contributed by atoms with Crippen LogP contribution in [-0.2, 0) is 10.8 Å². The molecule has 0 fully saturated rings. The average molecular weight is 780 g/mol. The van der Waals surface area contributed by atoms with Gasteiger partial charge in [-0.25, -0.2) is 4.98 Å². The Balaban J connectivity index is 1.22. The molecule has 0 amide bonds. The zero-order valence-corrected chi connectivity index (χ0v) is 34.8. The molecule has 1 aliphatic rings. The van der Waals surface area contributed by atoms with E-state index in [1.165, 1.54) is 23.8 Å². The lowest BCUT2D eigenvalue weighted by Gasteiger charge is -2.20. The van der Waals surface area contributed by atoms with Gasteiger partial charge in [-0.1, -0.05) is 84.0 Å². The monoisotopic (exact) mass is 779 g/mol. The van der Waals surface area contributed by atoms with Crippen LogP contribution in [0.1, 0.15) is 83.4 Å². The molecule has 1 aliphatic heterocycles. The first-order chi connectivity index (χ1) is 30.6. The Kier molecular flexibility index (Phi) is 7.47. The van der Waals surface area contributed by atoms with Crippen LogP contribution in [0.3, 0.4) is 0 Å². The molecule has 0 saturated heterocycles. The Morgan fingerprint density at radius 1 is 0.644 bits per heavy atom. The summed E-state index contributed by atoms with van der Waals surface area (Å²) < 4.78 is 63.5. The van der Waals surface area contributed by atoms with Crippen LogP contribution in [0.4, 0.5) is 22.7 Å². The minimum atomic E-state index is -2.57. The van der Waals surface area contributed by atoms with Gasteiger partial charge in [-0.05, 0) is 118 Å². The topological polar surface area (TPSA) is 46.0 Å². The summed E-state index contributed by atoms with van der Waals surface area (Å²) in [5.74, 6) is 2.08. The lowest BCUT2D eigenvalue weighted by molar-refractivity contribution is 0.479. The number of fused-ring (bicyclic) bond motifs is 4. The second-order valence-corrected chi connectivity index (χ2v) is 17.5. The SMILES string of the molecule is [2H]C([2H])([2H])c1cccc(C([2H])([2H])[2H])c1-c1ccccc1[N+]1=C=[N+](c2cc(Oc3ccc4c5cc(C)nc(C)c5n(-c5cc(C(C)(C)C)ccn5)c4c3)cc(C(C)(C)C)c2)c2ccccc21. The Hall–Kier alpha value is -6.62. The number of aromatic nitrogens is 3. The quantitative estimate of drug-likeness (QED) is 0.158. The lowest BCUT2D eigenvalue weighted by atomic mass is 9.86. The Morgan fingerprint density at radius 3 is 2.05 bits per heavy atom. The van der Waals surface area contributed by atoms with E-state index >= 15 is 0 Å². The summed E-state index contributed by atoms with van der Waals surface area (Å²) in [6.07, 6.45) is 1.87. The van der Waals surface area contributed by atoms with Crippen molar-refractivity contribution in [2.75, 3.05) is 0 Å². The molecule has 4 heterocycles. The van der Waals surface area contributed by atoms with E-state index in [4.69, 9.17) is 22.9 Å². The number of pyridine rings is 2. The summed E-state index contributed by atoms with van der Waals surface area (Å²) >= 11 is 0. The molecule has 0 N–H and O–H groups in total. The van der Waals surface area contributed by atoms with Gasteiger partial charge in [0.25, 0.3) is 11.4 Å². The fraction of sp³-hybridized carbons (Fsp3) is 0.226. The number of hydrogen-bond donors (Lipinski definition) is 0. The molecule has 0 aliphatic carbocycles. The van der Waals surface area contributed by atoms with E-state index in [-0.39, 0.29) is 27.5 Å². The third-order valence-electron chi connectivity index (χ3n) is 11.2. The highest BCUT2D eigenvalue weighted by Gasteiger charge is 2.38. The van der Waals surface area contributed by atoms with Crippen molar-refractivity contribution in [3.63, 3.8) is 0 Å². The Bertz CT molecular complexity index is 3270. The highest BCUT2D eigenvalue weighted by atomic mass is 16.5. The second-order valence-electron chi connectivity index (χ2n) is 17.5. The van der Waals surface area contributed by atoms with E-state index in [0.717, 1.165) is 61.6 Å². The van der Waals surface area contributed by atoms with E-state index in [1.54, 1.807) is 12.1 Å². The zero-order valence-electron chi connectivity index (χ0n) is 40.8. The van der Waals surface area contributed by atoms with Crippen LogP contribution in [0.2, 0.25) is 0 Å². The van der Waals surface area contributed by atoms with Gasteiger partial charge >= 0.3 is 6.01 Å². The number of aryl methyl sites for hydroxylation is 4. The minimum Gasteiger partial charge on any atom is -0.457 e. The molecule has 9 rings (SSSR count). The van der Waals surface area contributed by atoms with Crippen LogP contribution in [0.5, 0.6) is 11.5 Å². The molecule has 0 unspecified atom stereocenters. The molecule has 0 spiro atoms. The fourth-order valence-electron chi connectivity index (χ4n) is 8.16. The van der Waals surface area contributed by atoms with Crippen molar-refractivity contribution in [1.82, 2.24) is 23.7 Å². The first-order valence-electron chi connectivity index (χ1n) is 23.0. The number of ether oxygens (including phenoxy) is 1. The van der Waals surface area contributed by atoms with Gasteiger partial charge in [-0.15, -0.1) is 0 Å². The molecule has 0 saturated carbocycles. The van der Waals surface area contributed by atoms with Crippen molar-refractivity contribution < 1.29 is 13.0 Å². The van der Waals surface area contributed by atoms with Gasteiger partial charge in [0.1, 0.15) is 17.3 Å². The van der Waals surface area contributed by atoms with Gasteiger partial charge in [-0.2, -0.15) is 0 Å². The van der Waals surface area contributed by atoms with Crippen LogP contribution in [0.25, 0.3) is 38.8 Å². The average Bonchev–Trinajstić information content (AvgIpc) is 3.78. The predicted molar refractivity (Wildman–Crippen MR) is 245 cm³/mol. The molecular weight excluding hydrogens is 723 g/mol. The summed E-state index contributed by atoms with van der Waals surface area (Å²) in [5.41, 5.74) is 9.23. The molecule has 0 atom stereocenters. The van der Waals surface area contributed by atoms with Gasteiger partial charge in [0, 0.05) is 61.2 Å². The van der Waals surface area contributed by atoms with E-state index in [1.807, 2.05) is 77.7 Å². The number of nitrogens with zero attached hydrogens (tertiary/aromatic N) is 5. The van der Waals surface area contributed by atoms with E-state index in [9.17, 15) is 0 Å². The van der Waals surface area contributed by atoms with Crippen molar-refractivity contribution in [2.45, 2.75) is 79.9 Å². The van der Waals surface area contributed by atoms with Gasteiger partial charge in [0.2, 0.25) is 11.4 Å². The van der Waals surface area contributed by atoms with Crippen LogP contribution < -0.4 is 13.9 Å². The summed E-state index contributed by atoms with van der Waals surface area (Å²) in [4.78, 5) is 9.77. The maximum absolute atomic E-state index is 8.43. The van der Waals surface area contributed by atoms with Crippen LogP contribution in [0, 0.1) is 27.6 Å². The standard InChI is InChI=1S/C53H51N5O/c1-33-16-15-17-34(2)50(33)43-18-11-12-19-45(43)57-32-56(46-20-13-14-21-47(46)57)39-27-38(53(8,9)10)28-41(30-39)59-40-22-23-42-44-26-35(3)55-36(4)51(44)58(48(42)31-40)49-29-37(24-25-54-49)52(5,6)7/h11-31H,1-10H3/q+2/i1D3,2D3. The normalized spacial score (nSPS) is 14.8. The van der Waals surface area contributed by atoms with Crippen LogP contribution in [0.15, 0.2) is 128 Å². The van der Waals surface area contributed by atoms with Gasteiger partial charge in [0.15, 0.2) is 0 Å². The van der Waals surface area contributed by atoms with Crippen molar-refractivity contribution in [1.29, 1.82) is 0 Å². The summed E-state index contributed by atoms with van der Waals surface area (Å²) in [6, 6.07) is 42.0. The summed E-state index contributed by atoms with van der Waals surface area (Å²) in [5, 5.41) is 2.16. The molecule has 8 aromatic rings. The summed E-state index contributed by atoms with van der Waals surface area (Å²) in [6.45, 7) is 12.0. The molecule has 292 valence electrons. The molecule has 0 bridgehead atoms. The third kappa shape index (κ3) is 6.74. The Morgan fingerprint density at radius 2 is 1.34 bits per heavy atom. The third-order valence-corrected chi connectivity index (χ3v) is 11.2. The number of para-hydroxylation sites is 3. The maximum atomic E-state index is 8.43. The largest absolute Gasteiger partial charge is 0.503 e. The molecule has 3 aromatic heterocycles. The van der Waals surface area contributed by atoms with E-state index < -0.39 is 13.7 Å². The van der Waals surface area contributed by atoms with Crippen molar-refractivity contribution in [3.8, 4) is 28.4 Å². The maximum Gasteiger partial charge on any atom is 0.503 e. The fourth-order valence-corrected chi connectivity index (χ4v) is 8.16. The van der Waals surface area contributed by atoms with Gasteiger partial charge in [-0.3, -0.25) is 9.55 Å². The number of hydrogen-bond acceptors (Lipinski definition) is 3. The summed E-state index contributed by atoms with van der Waals surface area (Å²) in [7, 11) is 0. The first kappa shape index (κ1) is 31.4. The highest BCUT2D eigenvalue weighted by Crippen LogP contribution is 2.43. The first-order valence-corrected chi connectivity index (χ1v) is 20.0. The number of rotatable bonds is 6. The van der Waals surface area contributed by atoms with Crippen molar-refractivity contribution in [2.24, 2.45) is 0 Å². The molecule has 6 nitrogen and oxygen atoms in total. The molecule has 0 radical (unpaired) electrons.